The Morgan fingerprint density at radius 2 is 2.41 bits per heavy atom. The van der Waals surface area contributed by atoms with Crippen LogP contribution in [0, 0.1) is 5.92 Å². The second kappa shape index (κ2) is 6.36. The average Bonchev–Trinajstić information content (AvgIpc) is 3.06. The Labute approximate surface area is 133 Å². The van der Waals surface area contributed by atoms with Crippen LogP contribution >= 0.6 is 11.3 Å². The predicted octanol–water partition coefficient (Wildman–Crippen LogP) is 2.36. The molecule has 0 aliphatic carbocycles. The van der Waals surface area contributed by atoms with E-state index in [1.54, 1.807) is 17.5 Å². The molecule has 1 amide bonds. The molecule has 1 aromatic heterocycles. The predicted molar refractivity (Wildman–Crippen MR) is 84.3 cm³/mol. The summed E-state index contributed by atoms with van der Waals surface area (Å²) in [5, 5.41) is 1.96. The van der Waals surface area contributed by atoms with Crippen LogP contribution in [-0.4, -0.2) is 36.6 Å². The third-order valence-corrected chi connectivity index (χ3v) is 4.42. The van der Waals surface area contributed by atoms with Crippen molar-refractivity contribution in [2.75, 3.05) is 20.8 Å². The van der Waals surface area contributed by atoms with E-state index in [2.05, 4.69) is 4.98 Å². The highest BCUT2D eigenvalue weighted by Gasteiger charge is 2.28. The minimum Gasteiger partial charge on any atom is -0.497 e. The monoisotopic (exact) mass is 318 g/mol. The van der Waals surface area contributed by atoms with E-state index in [1.807, 2.05) is 30.6 Å². The second-order valence-electron chi connectivity index (χ2n) is 5.36. The molecule has 5 nitrogen and oxygen atoms in total. The largest absolute Gasteiger partial charge is 0.497 e. The Balaban J connectivity index is 1.67. The number of methoxy groups -OCH3 is 1. The van der Waals surface area contributed by atoms with Crippen LogP contribution in [0.3, 0.4) is 0 Å². The van der Waals surface area contributed by atoms with Gasteiger partial charge < -0.3 is 14.4 Å². The number of fused-ring (bicyclic) bond motifs is 1. The molecule has 3 rings (SSSR count). The summed E-state index contributed by atoms with van der Waals surface area (Å²) in [7, 11) is 3.44. The van der Waals surface area contributed by atoms with Crippen molar-refractivity contribution in [3.63, 3.8) is 0 Å². The first kappa shape index (κ1) is 14.8. The van der Waals surface area contributed by atoms with Crippen molar-refractivity contribution in [2.45, 2.75) is 13.0 Å². The van der Waals surface area contributed by atoms with E-state index in [4.69, 9.17) is 9.47 Å². The fourth-order valence-corrected chi connectivity index (χ4v) is 3.14. The lowest BCUT2D eigenvalue weighted by molar-refractivity contribution is -0.136. The Kier molecular flexibility index (Phi) is 4.29. The summed E-state index contributed by atoms with van der Waals surface area (Å²) in [5.41, 5.74) is 3.75. The molecule has 22 heavy (non-hydrogen) atoms. The van der Waals surface area contributed by atoms with Crippen molar-refractivity contribution in [2.24, 2.45) is 5.92 Å². The molecule has 2 heterocycles. The second-order valence-corrected chi connectivity index (χ2v) is 6.08. The quantitative estimate of drug-likeness (QED) is 0.868. The molecular formula is C16H18N2O3S. The van der Waals surface area contributed by atoms with Crippen LogP contribution in [0.2, 0.25) is 0 Å². The molecule has 6 heteroatoms. The molecule has 0 radical (unpaired) electrons. The molecule has 0 spiro atoms. The van der Waals surface area contributed by atoms with Crippen LogP contribution in [0.1, 0.15) is 11.3 Å². The van der Waals surface area contributed by atoms with Gasteiger partial charge in [-0.2, -0.15) is 0 Å². The number of benzene rings is 1. The summed E-state index contributed by atoms with van der Waals surface area (Å²) in [4.78, 5) is 18.5. The summed E-state index contributed by atoms with van der Waals surface area (Å²) in [6.45, 7) is 0.939. The number of aromatic nitrogens is 1. The summed E-state index contributed by atoms with van der Waals surface area (Å²) in [6, 6.07) is 5.73. The number of carbonyl (C=O) groups is 1. The molecular weight excluding hydrogens is 300 g/mol. The molecule has 116 valence electrons. The minimum atomic E-state index is -0.149. The van der Waals surface area contributed by atoms with Gasteiger partial charge in [-0.15, -0.1) is 11.3 Å². The van der Waals surface area contributed by atoms with E-state index in [-0.39, 0.29) is 11.8 Å². The van der Waals surface area contributed by atoms with E-state index in [9.17, 15) is 4.79 Å². The van der Waals surface area contributed by atoms with Crippen LogP contribution in [0.5, 0.6) is 11.5 Å². The molecule has 0 N–H and O–H groups in total. The van der Waals surface area contributed by atoms with Gasteiger partial charge >= 0.3 is 0 Å². The normalized spacial score (nSPS) is 16.5. The van der Waals surface area contributed by atoms with Crippen molar-refractivity contribution in [1.82, 2.24) is 9.88 Å². The van der Waals surface area contributed by atoms with Gasteiger partial charge in [0.05, 0.1) is 30.8 Å². The summed E-state index contributed by atoms with van der Waals surface area (Å²) in [5.74, 6) is 1.52. The van der Waals surface area contributed by atoms with Gasteiger partial charge in [-0.1, -0.05) is 6.07 Å². The van der Waals surface area contributed by atoms with Gasteiger partial charge in [0.2, 0.25) is 5.91 Å². The number of thiazole rings is 1. The number of nitrogens with zero attached hydrogens (tertiary/aromatic N) is 2. The number of amides is 1. The first-order chi connectivity index (χ1) is 10.7. The summed E-state index contributed by atoms with van der Waals surface area (Å²) >= 11 is 1.54. The van der Waals surface area contributed by atoms with E-state index in [0.717, 1.165) is 22.8 Å². The third-order valence-electron chi connectivity index (χ3n) is 3.79. The lowest BCUT2D eigenvalue weighted by Crippen LogP contribution is -2.38. The van der Waals surface area contributed by atoms with E-state index in [1.165, 1.54) is 11.3 Å². The standard InChI is InChI=1S/C16H18N2O3S/c1-18(7-13-9-22-10-17-13)16(19)12-5-11-3-4-14(20-2)6-15(11)21-8-12/h3-4,6,9-10,12H,5,7-8H2,1-2H3/t12-/m1/s1. The Morgan fingerprint density at radius 3 is 3.14 bits per heavy atom. The summed E-state index contributed by atoms with van der Waals surface area (Å²) in [6.07, 6.45) is 0.694. The molecule has 0 fully saturated rings. The Hall–Kier alpha value is -2.08. The fraction of sp³-hybridized carbons (Fsp3) is 0.375. The first-order valence-corrected chi connectivity index (χ1v) is 8.03. The zero-order chi connectivity index (χ0) is 15.5. The maximum atomic E-state index is 12.6. The maximum absolute atomic E-state index is 12.6. The highest BCUT2D eigenvalue weighted by atomic mass is 32.1. The molecule has 1 aromatic carbocycles. The molecule has 1 atom stereocenters. The van der Waals surface area contributed by atoms with Crippen molar-refractivity contribution in [1.29, 1.82) is 0 Å². The molecule has 0 saturated carbocycles. The molecule has 1 aliphatic rings. The van der Waals surface area contributed by atoms with Gasteiger partial charge in [-0.25, -0.2) is 4.98 Å². The SMILES string of the molecule is COc1ccc2c(c1)OC[C@H](C(=O)N(C)Cc1cscn1)C2. The van der Waals surface area contributed by atoms with Crippen molar-refractivity contribution < 1.29 is 14.3 Å². The zero-order valence-electron chi connectivity index (χ0n) is 12.6. The Morgan fingerprint density at radius 1 is 1.55 bits per heavy atom. The molecule has 1 aliphatic heterocycles. The van der Waals surface area contributed by atoms with E-state index < -0.39 is 0 Å². The lowest BCUT2D eigenvalue weighted by atomic mass is 9.95. The molecule has 2 aromatic rings. The van der Waals surface area contributed by atoms with Gasteiger partial charge in [-0.3, -0.25) is 4.79 Å². The summed E-state index contributed by atoms with van der Waals surface area (Å²) < 4.78 is 10.9. The van der Waals surface area contributed by atoms with Crippen LogP contribution in [0.25, 0.3) is 0 Å². The highest BCUT2D eigenvalue weighted by molar-refractivity contribution is 7.07. The van der Waals surface area contributed by atoms with Crippen molar-refractivity contribution in [3.8, 4) is 11.5 Å². The van der Waals surface area contributed by atoms with E-state index in [0.29, 0.717) is 19.6 Å². The van der Waals surface area contributed by atoms with Crippen LogP contribution in [-0.2, 0) is 17.8 Å². The van der Waals surface area contributed by atoms with Gasteiger partial charge in [0.1, 0.15) is 18.1 Å². The van der Waals surface area contributed by atoms with Gasteiger partial charge in [-0.05, 0) is 18.1 Å². The average molecular weight is 318 g/mol. The number of hydrogen-bond donors (Lipinski definition) is 0. The van der Waals surface area contributed by atoms with Crippen molar-refractivity contribution >= 4 is 17.2 Å². The number of hydrogen-bond acceptors (Lipinski definition) is 5. The third kappa shape index (κ3) is 3.06. The molecule has 0 saturated heterocycles. The van der Waals surface area contributed by atoms with E-state index >= 15 is 0 Å². The smallest absolute Gasteiger partial charge is 0.229 e. The van der Waals surface area contributed by atoms with Crippen LogP contribution < -0.4 is 9.47 Å². The topological polar surface area (TPSA) is 51.7 Å². The first-order valence-electron chi connectivity index (χ1n) is 7.09. The lowest BCUT2D eigenvalue weighted by Gasteiger charge is -2.28. The van der Waals surface area contributed by atoms with Crippen LogP contribution in [0.4, 0.5) is 0 Å². The fourth-order valence-electron chi connectivity index (χ4n) is 2.59. The molecule has 0 bridgehead atoms. The molecule has 0 unspecified atom stereocenters. The van der Waals surface area contributed by atoms with Crippen LogP contribution in [0.15, 0.2) is 29.1 Å². The Bertz CT molecular complexity index is 657. The number of carbonyl (C=O) groups excluding carboxylic acids is 1. The number of ether oxygens (including phenoxy) is 2. The maximum Gasteiger partial charge on any atom is 0.229 e. The van der Waals surface area contributed by atoms with Crippen molar-refractivity contribution in [3.05, 3.63) is 40.3 Å². The highest BCUT2D eigenvalue weighted by Crippen LogP contribution is 2.31. The van der Waals surface area contributed by atoms with Gasteiger partial charge in [0.25, 0.3) is 0 Å². The number of rotatable bonds is 4. The minimum absolute atomic E-state index is 0.0921. The van der Waals surface area contributed by atoms with Gasteiger partial charge in [0, 0.05) is 18.5 Å². The van der Waals surface area contributed by atoms with Gasteiger partial charge in [0.15, 0.2) is 0 Å². The zero-order valence-corrected chi connectivity index (χ0v) is 13.4.